The summed E-state index contributed by atoms with van der Waals surface area (Å²) in [5.74, 6) is 1.27. The Balaban J connectivity index is 3.46. The maximum atomic E-state index is 11.8. The third kappa shape index (κ3) is 4.08. The molecule has 0 spiro atoms. The fraction of sp³-hybridized carbons (Fsp3) is 0.588. The molecule has 0 heterocycles. The molecule has 0 aliphatic carbocycles. The van der Waals surface area contributed by atoms with Gasteiger partial charge >= 0.3 is 0 Å². The first-order valence-corrected chi connectivity index (χ1v) is 8.43. The highest BCUT2D eigenvalue weighted by atomic mass is 79.9. The molecule has 1 aromatic carbocycles. The highest BCUT2D eigenvalue weighted by Gasteiger charge is 2.18. The van der Waals surface area contributed by atoms with Crippen LogP contribution in [0.2, 0.25) is 0 Å². The first-order valence-electron chi connectivity index (χ1n) is 7.31. The lowest BCUT2D eigenvalue weighted by Crippen LogP contribution is -2.17. The molecular formula is C17H26BrNO. The number of hydrogen-bond donors (Lipinski definition) is 1. The van der Waals surface area contributed by atoms with Gasteiger partial charge < -0.3 is 5.32 Å². The molecule has 0 aliphatic rings. The van der Waals surface area contributed by atoms with Gasteiger partial charge in [0.15, 0.2) is 0 Å². The summed E-state index contributed by atoms with van der Waals surface area (Å²) < 4.78 is 0. The quantitative estimate of drug-likeness (QED) is 0.716. The molecule has 1 amide bonds. The minimum absolute atomic E-state index is 0.00565. The number of carbonyl (C=O) groups excluding carboxylic acids is 1. The topological polar surface area (TPSA) is 29.1 Å². The van der Waals surface area contributed by atoms with Crippen molar-refractivity contribution >= 4 is 27.5 Å². The maximum absolute atomic E-state index is 11.8. The number of anilines is 1. The van der Waals surface area contributed by atoms with Gasteiger partial charge in [-0.2, -0.15) is 0 Å². The highest BCUT2D eigenvalue weighted by molar-refractivity contribution is 9.09. The fourth-order valence-corrected chi connectivity index (χ4v) is 2.41. The number of halogens is 1. The van der Waals surface area contributed by atoms with E-state index in [-0.39, 0.29) is 5.91 Å². The summed E-state index contributed by atoms with van der Waals surface area (Å²) in [6.07, 6.45) is 0. The molecule has 112 valence electrons. The van der Waals surface area contributed by atoms with Crippen molar-refractivity contribution in [3.63, 3.8) is 0 Å². The lowest BCUT2D eigenvalue weighted by Gasteiger charge is -2.23. The van der Waals surface area contributed by atoms with E-state index in [0.29, 0.717) is 23.1 Å². The number of nitrogens with one attached hydrogen (secondary N) is 1. The SMILES string of the molecule is CC(C)c1cc(C(C)C)c(NC(=O)CBr)c(C(C)C)c1. The summed E-state index contributed by atoms with van der Waals surface area (Å²) in [4.78, 5) is 11.8. The number of rotatable bonds is 5. The van der Waals surface area contributed by atoms with E-state index in [1.807, 2.05) is 0 Å². The molecule has 0 saturated carbocycles. The molecule has 1 aromatic rings. The minimum atomic E-state index is 0.00565. The van der Waals surface area contributed by atoms with Crippen LogP contribution in [-0.2, 0) is 4.79 Å². The maximum Gasteiger partial charge on any atom is 0.235 e. The zero-order valence-corrected chi connectivity index (χ0v) is 15.0. The zero-order valence-electron chi connectivity index (χ0n) is 13.4. The Labute approximate surface area is 131 Å². The van der Waals surface area contributed by atoms with Gasteiger partial charge in [-0.1, -0.05) is 69.6 Å². The Bertz CT molecular complexity index is 449. The second kappa shape index (κ2) is 7.26. The summed E-state index contributed by atoms with van der Waals surface area (Å²) >= 11 is 3.22. The second-order valence-corrected chi connectivity index (χ2v) is 6.78. The normalized spacial score (nSPS) is 11.5. The van der Waals surface area contributed by atoms with Crippen molar-refractivity contribution in [3.05, 3.63) is 28.8 Å². The number of amides is 1. The van der Waals surface area contributed by atoms with E-state index in [4.69, 9.17) is 0 Å². The Morgan fingerprint density at radius 2 is 1.45 bits per heavy atom. The van der Waals surface area contributed by atoms with Crippen molar-refractivity contribution < 1.29 is 4.79 Å². The third-order valence-corrected chi connectivity index (χ3v) is 4.03. The molecule has 0 bridgehead atoms. The van der Waals surface area contributed by atoms with Crippen LogP contribution < -0.4 is 5.32 Å². The molecule has 0 aromatic heterocycles. The number of benzene rings is 1. The molecule has 0 aliphatic heterocycles. The smallest absolute Gasteiger partial charge is 0.235 e. The van der Waals surface area contributed by atoms with E-state index in [1.54, 1.807) is 0 Å². The molecular weight excluding hydrogens is 314 g/mol. The molecule has 0 fully saturated rings. The Hall–Kier alpha value is -0.830. The van der Waals surface area contributed by atoms with Crippen LogP contribution in [-0.4, -0.2) is 11.2 Å². The van der Waals surface area contributed by atoms with Crippen molar-refractivity contribution in [2.45, 2.75) is 59.3 Å². The molecule has 0 radical (unpaired) electrons. The molecule has 0 atom stereocenters. The van der Waals surface area contributed by atoms with E-state index in [0.717, 1.165) is 5.69 Å². The number of alkyl halides is 1. The lowest BCUT2D eigenvalue weighted by molar-refractivity contribution is -0.113. The fourth-order valence-electron chi connectivity index (χ4n) is 2.27. The van der Waals surface area contributed by atoms with Crippen molar-refractivity contribution in [1.29, 1.82) is 0 Å². The van der Waals surface area contributed by atoms with Crippen LogP contribution in [0.1, 0.15) is 76.0 Å². The molecule has 0 unspecified atom stereocenters. The Kier molecular flexibility index (Phi) is 6.25. The van der Waals surface area contributed by atoms with Crippen molar-refractivity contribution in [2.24, 2.45) is 0 Å². The summed E-state index contributed by atoms with van der Waals surface area (Å²) in [7, 11) is 0. The van der Waals surface area contributed by atoms with Gasteiger partial charge in [-0.3, -0.25) is 4.79 Å². The monoisotopic (exact) mass is 339 g/mol. The van der Waals surface area contributed by atoms with Crippen LogP contribution in [0.3, 0.4) is 0 Å². The summed E-state index contributed by atoms with van der Waals surface area (Å²) in [6, 6.07) is 4.48. The summed E-state index contributed by atoms with van der Waals surface area (Å²) in [5, 5.41) is 3.40. The zero-order chi connectivity index (χ0) is 15.4. The van der Waals surface area contributed by atoms with Crippen molar-refractivity contribution in [2.75, 3.05) is 10.6 Å². The number of hydrogen-bond acceptors (Lipinski definition) is 1. The third-order valence-electron chi connectivity index (χ3n) is 3.52. The summed E-state index contributed by atoms with van der Waals surface area (Å²) in [6.45, 7) is 13.1. The van der Waals surface area contributed by atoms with E-state index in [2.05, 4.69) is 74.9 Å². The van der Waals surface area contributed by atoms with Gasteiger partial charge in [-0.05, 0) is 34.4 Å². The average Bonchev–Trinajstić information content (AvgIpc) is 2.37. The number of carbonyl (C=O) groups is 1. The van der Waals surface area contributed by atoms with Gasteiger partial charge in [-0.15, -0.1) is 0 Å². The molecule has 1 rings (SSSR count). The van der Waals surface area contributed by atoms with Crippen molar-refractivity contribution in [1.82, 2.24) is 0 Å². The van der Waals surface area contributed by atoms with E-state index in [1.165, 1.54) is 16.7 Å². The minimum Gasteiger partial charge on any atom is -0.325 e. The molecule has 20 heavy (non-hydrogen) atoms. The molecule has 2 nitrogen and oxygen atoms in total. The van der Waals surface area contributed by atoms with Gasteiger partial charge in [0.25, 0.3) is 0 Å². The second-order valence-electron chi connectivity index (χ2n) is 6.22. The van der Waals surface area contributed by atoms with E-state index >= 15 is 0 Å². The Morgan fingerprint density at radius 3 is 1.75 bits per heavy atom. The van der Waals surface area contributed by atoms with Gasteiger partial charge in [-0.25, -0.2) is 0 Å². The van der Waals surface area contributed by atoms with Gasteiger partial charge in [0.05, 0.1) is 5.33 Å². The molecule has 0 saturated heterocycles. The van der Waals surface area contributed by atoms with Crippen LogP contribution in [0.25, 0.3) is 0 Å². The largest absolute Gasteiger partial charge is 0.325 e. The highest BCUT2D eigenvalue weighted by Crippen LogP contribution is 2.35. The van der Waals surface area contributed by atoms with Crippen LogP contribution in [0.15, 0.2) is 12.1 Å². The van der Waals surface area contributed by atoms with Gasteiger partial charge in [0, 0.05) is 5.69 Å². The predicted octanol–water partition coefficient (Wildman–Crippen LogP) is 5.39. The predicted molar refractivity (Wildman–Crippen MR) is 91.1 cm³/mol. The first kappa shape index (κ1) is 17.2. The van der Waals surface area contributed by atoms with Crippen molar-refractivity contribution in [3.8, 4) is 0 Å². The molecule has 1 N–H and O–H groups in total. The van der Waals surface area contributed by atoms with E-state index in [9.17, 15) is 4.79 Å². The van der Waals surface area contributed by atoms with Crippen LogP contribution in [0.5, 0.6) is 0 Å². The van der Waals surface area contributed by atoms with E-state index < -0.39 is 0 Å². The van der Waals surface area contributed by atoms with Crippen LogP contribution >= 0.6 is 15.9 Å². The van der Waals surface area contributed by atoms with Gasteiger partial charge in [0.2, 0.25) is 5.91 Å². The van der Waals surface area contributed by atoms with Crippen LogP contribution in [0.4, 0.5) is 5.69 Å². The van der Waals surface area contributed by atoms with Gasteiger partial charge in [0.1, 0.15) is 0 Å². The molecule has 3 heteroatoms. The average molecular weight is 340 g/mol. The lowest BCUT2D eigenvalue weighted by atomic mass is 9.87. The summed E-state index contributed by atoms with van der Waals surface area (Å²) in [5.41, 5.74) is 4.81. The van der Waals surface area contributed by atoms with Crippen LogP contribution in [0, 0.1) is 0 Å². The first-order chi connectivity index (χ1) is 9.27. The Morgan fingerprint density at radius 1 is 1.00 bits per heavy atom. The standard InChI is InChI=1S/C17H26BrNO/c1-10(2)13-7-14(11(3)4)17(19-16(20)9-18)15(8-13)12(5)6/h7-8,10-12H,9H2,1-6H3,(H,19,20).